The third-order valence-corrected chi connectivity index (χ3v) is 3.04. The largest absolute Gasteiger partial charge is 0.463 e. The van der Waals surface area contributed by atoms with E-state index in [4.69, 9.17) is 4.74 Å². The lowest BCUT2D eigenvalue weighted by Crippen LogP contribution is -2.26. The number of carbonyl (C=O) groups is 1. The third kappa shape index (κ3) is 2.86. The van der Waals surface area contributed by atoms with Crippen LogP contribution in [0.25, 0.3) is 0 Å². The van der Waals surface area contributed by atoms with Crippen LogP contribution in [0.3, 0.4) is 0 Å². The highest BCUT2D eigenvalue weighted by atomic mass is 16.5. The Labute approximate surface area is 102 Å². The van der Waals surface area contributed by atoms with Crippen LogP contribution in [0.4, 0.5) is 0 Å². The lowest BCUT2D eigenvalue weighted by atomic mass is 9.94. The molecule has 1 N–H and O–H groups in total. The summed E-state index contributed by atoms with van der Waals surface area (Å²) in [5, 5.41) is 3.38. The second kappa shape index (κ2) is 5.32. The normalized spacial score (nSPS) is 23.9. The number of esters is 1. The van der Waals surface area contributed by atoms with Crippen LogP contribution >= 0.6 is 0 Å². The number of nitrogens with one attached hydrogen (secondary N) is 1. The van der Waals surface area contributed by atoms with Gasteiger partial charge in [0.25, 0.3) is 0 Å². The minimum absolute atomic E-state index is 0.0421. The molecule has 0 bridgehead atoms. The van der Waals surface area contributed by atoms with Gasteiger partial charge in [-0.05, 0) is 32.4 Å². The van der Waals surface area contributed by atoms with E-state index in [0.29, 0.717) is 0 Å². The fourth-order valence-corrected chi connectivity index (χ4v) is 2.29. The van der Waals surface area contributed by atoms with E-state index in [2.05, 4.69) is 17.4 Å². The summed E-state index contributed by atoms with van der Waals surface area (Å²) in [6.45, 7) is 4.65. The smallest absolute Gasteiger partial charge is 0.311 e. The third-order valence-electron chi connectivity index (χ3n) is 3.04. The molecule has 0 radical (unpaired) electrons. The van der Waals surface area contributed by atoms with Gasteiger partial charge in [-0.1, -0.05) is 30.3 Å². The first-order valence-electron chi connectivity index (χ1n) is 6.17. The summed E-state index contributed by atoms with van der Waals surface area (Å²) in [5.74, 6) is -0.140. The van der Waals surface area contributed by atoms with E-state index in [1.54, 1.807) is 0 Å². The predicted molar refractivity (Wildman–Crippen MR) is 66.5 cm³/mol. The monoisotopic (exact) mass is 233 g/mol. The lowest BCUT2D eigenvalue weighted by molar-refractivity contribution is -0.152. The molecule has 1 aliphatic heterocycles. The van der Waals surface area contributed by atoms with Gasteiger partial charge >= 0.3 is 5.97 Å². The topological polar surface area (TPSA) is 38.3 Å². The van der Waals surface area contributed by atoms with Crippen molar-refractivity contribution in [2.45, 2.75) is 32.4 Å². The molecule has 0 aliphatic carbocycles. The quantitative estimate of drug-likeness (QED) is 0.814. The van der Waals surface area contributed by atoms with Gasteiger partial charge in [-0.25, -0.2) is 0 Å². The molecule has 0 aromatic heterocycles. The van der Waals surface area contributed by atoms with Crippen LogP contribution in [0.1, 0.15) is 31.9 Å². The number of benzene rings is 1. The van der Waals surface area contributed by atoms with Gasteiger partial charge in [0, 0.05) is 6.04 Å². The van der Waals surface area contributed by atoms with Gasteiger partial charge in [-0.3, -0.25) is 4.79 Å². The van der Waals surface area contributed by atoms with Crippen LogP contribution in [0, 0.1) is 5.92 Å². The molecule has 1 fully saturated rings. The summed E-state index contributed by atoms with van der Waals surface area (Å²) in [4.78, 5) is 12.0. The molecule has 1 aromatic carbocycles. The van der Waals surface area contributed by atoms with Crippen LogP contribution in [-0.4, -0.2) is 18.6 Å². The zero-order valence-electron chi connectivity index (χ0n) is 10.3. The maximum atomic E-state index is 12.0. The molecule has 2 atom stereocenters. The summed E-state index contributed by atoms with van der Waals surface area (Å²) < 4.78 is 5.31. The number of rotatable bonds is 3. The Bertz CT molecular complexity index is 375. The first kappa shape index (κ1) is 12.1. The molecule has 1 aliphatic rings. The van der Waals surface area contributed by atoms with Crippen molar-refractivity contribution in [3.8, 4) is 0 Å². The van der Waals surface area contributed by atoms with Gasteiger partial charge in [-0.2, -0.15) is 0 Å². The fraction of sp³-hybridized carbons (Fsp3) is 0.500. The highest BCUT2D eigenvalue weighted by Crippen LogP contribution is 2.30. The van der Waals surface area contributed by atoms with Gasteiger partial charge in [0.15, 0.2) is 0 Å². The molecular formula is C14H19NO2. The molecule has 92 valence electrons. The molecule has 0 spiro atoms. The Morgan fingerprint density at radius 3 is 2.71 bits per heavy atom. The Balaban J connectivity index is 2.10. The van der Waals surface area contributed by atoms with E-state index in [1.165, 1.54) is 0 Å². The van der Waals surface area contributed by atoms with Crippen molar-refractivity contribution in [3.63, 3.8) is 0 Å². The van der Waals surface area contributed by atoms with Crippen molar-refractivity contribution in [2.24, 2.45) is 5.92 Å². The van der Waals surface area contributed by atoms with Crippen LogP contribution < -0.4 is 5.32 Å². The van der Waals surface area contributed by atoms with E-state index in [-0.39, 0.29) is 24.0 Å². The van der Waals surface area contributed by atoms with E-state index in [1.807, 2.05) is 32.0 Å². The minimum Gasteiger partial charge on any atom is -0.463 e. The van der Waals surface area contributed by atoms with Crippen LogP contribution in [0.2, 0.25) is 0 Å². The molecule has 3 nitrogen and oxygen atoms in total. The number of hydrogen-bond donors (Lipinski definition) is 1. The SMILES string of the molecule is CC(C)OC(=O)[C@@H]1CCN[C@H]1c1ccccc1. The van der Waals surface area contributed by atoms with Crippen LogP contribution in [-0.2, 0) is 9.53 Å². The summed E-state index contributed by atoms with van der Waals surface area (Å²) in [7, 11) is 0. The first-order chi connectivity index (χ1) is 8.18. The molecular weight excluding hydrogens is 214 g/mol. The number of hydrogen-bond acceptors (Lipinski definition) is 3. The van der Waals surface area contributed by atoms with Crippen LogP contribution in [0.5, 0.6) is 0 Å². The Morgan fingerprint density at radius 2 is 2.06 bits per heavy atom. The second-order valence-corrected chi connectivity index (χ2v) is 4.72. The molecule has 1 saturated heterocycles. The Hall–Kier alpha value is -1.35. The number of carbonyl (C=O) groups excluding carboxylic acids is 1. The van der Waals surface area contributed by atoms with Gasteiger partial charge in [0.2, 0.25) is 0 Å². The molecule has 1 heterocycles. The fourth-order valence-electron chi connectivity index (χ4n) is 2.29. The molecule has 0 saturated carbocycles. The van der Waals surface area contributed by atoms with Crippen molar-refractivity contribution < 1.29 is 9.53 Å². The standard InChI is InChI=1S/C14H19NO2/c1-10(2)17-14(16)12-8-9-15-13(12)11-6-4-3-5-7-11/h3-7,10,12-13,15H,8-9H2,1-2H3/t12-,13+/m1/s1. The van der Waals surface area contributed by atoms with Crippen molar-refractivity contribution in [1.82, 2.24) is 5.32 Å². The van der Waals surface area contributed by atoms with Crippen LogP contribution in [0.15, 0.2) is 30.3 Å². The van der Waals surface area contributed by atoms with Crippen molar-refractivity contribution in [2.75, 3.05) is 6.54 Å². The van der Waals surface area contributed by atoms with Gasteiger partial charge in [0.1, 0.15) is 0 Å². The zero-order chi connectivity index (χ0) is 12.3. The summed E-state index contributed by atoms with van der Waals surface area (Å²) in [6.07, 6.45) is 0.810. The average Bonchev–Trinajstić information content (AvgIpc) is 2.78. The molecule has 0 unspecified atom stereocenters. The summed E-state index contributed by atoms with van der Waals surface area (Å²) in [5.41, 5.74) is 1.16. The van der Waals surface area contributed by atoms with Crippen molar-refractivity contribution in [1.29, 1.82) is 0 Å². The Morgan fingerprint density at radius 1 is 1.35 bits per heavy atom. The van der Waals surface area contributed by atoms with Gasteiger partial charge < -0.3 is 10.1 Å². The van der Waals surface area contributed by atoms with E-state index in [0.717, 1.165) is 18.5 Å². The predicted octanol–water partition coefficient (Wildman–Crippen LogP) is 2.29. The molecule has 17 heavy (non-hydrogen) atoms. The molecule has 2 rings (SSSR count). The van der Waals surface area contributed by atoms with E-state index >= 15 is 0 Å². The second-order valence-electron chi connectivity index (χ2n) is 4.72. The zero-order valence-corrected chi connectivity index (χ0v) is 10.3. The van der Waals surface area contributed by atoms with Crippen molar-refractivity contribution in [3.05, 3.63) is 35.9 Å². The number of ether oxygens (including phenoxy) is 1. The highest BCUT2D eigenvalue weighted by molar-refractivity contribution is 5.74. The van der Waals surface area contributed by atoms with E-state index < -0.39 is 0 Å². The maximum absolute atomic E-state index is 12.0. The van der Waals surface area contributed by atoms with Crippen molar-refractivity contribution >= 4 is 5.97 Å². The first-order valence-corrected chi connectivity index (χ1v) is 6.17. The highest BCUT2D eigenvalue weighted by Gasteiger charge is 2.35. The maximum Gasteiger partial charge on any atom is 0.311 e. The van der Waals surface area contributed by atoms with Gasteiger partial charge in [-0.15, -0.1) is 0 Å². The molecule has 1 aromatic rings. The van der Waals surface area contributed by atoms with Gasteiger partial charge in [0.05, 0.1) is 12.0 Å². The lowest BCUT2D eigenvalue weighted by Gasteiger charge is -2.20. The van der Waals surface area contributed by atoms with E-state index in [9.17, 15) is 4.79 Å². The summed E-state index contributed by atoms with van der Waals surface area (Å²) in [6, 6.07) is 10.2. The molecule has 0 amide bonds. The minimum atomic E-state index is -0.0844. The average molecular weight is 233 g/mol. The Kier molecular flexibility index (Phi) is 3.79. The summed E-state index contributed by atoms with van der Waals surface area (Å²) >= 11 is 0. The molecule has 3 heteroatoms.